The van der Waals surface area contributed by atoms with Gasteiger partial charge in [-0.3, -0.25) is 0 Å². The maximum absolute atomic E-state index is 5.79. The Kier molecular flexibility index (Phi) is 1.98. The van der Waals surface area contributed by atoms with Crippen LogP contribution in [0.4, 0.5) is 0 Å². The van der Waals surface area contributed by atoms with Gasteiger partial charge in [-0.05, 0) is 29.6 Å². The lowest BCUT2D eigenvalue weighted by molar-refractivity contribution is 1.92. The normalized spacial score (nSPS) is 10.3. The lowest BCUT2D eigenvalue weighted by Crippen LogP contribution is -1.55. The molecular formula is C8H4ClS2. The Labute approximate surface area is 78.1 Å². The molecule has 0 saturated carbocycles. The fourth-order valence-corrected chi connectivity index (χ4v) is 2.62. The Morgan fingerprint density at radius 3 is 2.73 bits per heavy atom. The van der Waals surface area contributed by atoms with Gasteiger partial charge in [0.05, 0.1) is 4.34 Å². The van der Waals surface area contributed by atoms with Gasteiger partial charge in [-0.1, -0.05) is 11.6 Å². The fraction of sp³-hybridized carbons (Fsp3) is 0. The van der Waals surface area contributed by atoms with Gasteiger partial charge < -0.3 is 0 Å². The molecule has 0 nitrogen and oxygen atoms in total. The van der Waals surface area contributed by atoms with E-state index in [2.05, 4.69) is 6.07 Å². The molecule has 0 aliphatic heterocycles. The van der Waals surface area contributed by atoms with E-state index in [-0.39, 0.29) is 0 Å². The van der Waals surface area contributed by atoms with Gasteiger partial charge in [0.2, 0.25) is 0 Å². The topological polar surface area (TPSA) is 0 Å². The van der Waals surface area contributed by atoms with Crippen LogP contribution in [-0.2, 0) is 0 Å². The monoisotopic (exact) mass is 199 g/mol. The second-order valence-corrected chi connectivity index (χ2v) is 4.64. The van der Waals surface area contributed by atoms with E-state index in [1.807, 2.05) is 23.6 Å². The fourth-order valence-electron chi connectivity index (χ4n) is 0.817. The molecule has 0 aliphatic carbocycles. The van der Waals surface area contributed by atoms with Crippen LogP contribution in [0.15, 0.2) is 23.6 Å². The molecule has 0 N–H and O–H groups in total. The first-order valence-electron chi connectivity index (χ1n) is 3.06. The quantitative estimate of drug-likeness (QED) is 0.653. The Balaban J connectivity index is 2.45. The summed E-state index contributed by atoms with van der Waals surface area (Å²) in [5, 5.41) is 1.95. The molecule has 0 amide bonds. The molecule has 0 aromatic carbocycles. The summed E-state index contributed by atoms with van der Waals surface area (Å²) in [5.74, 6) is 0. The third-order valence-corrected chi connectivity index (χ3v) is 3.52. The van der Waals surface area contributed by atoms with Crippen molar-refractivity contribution in [1.29, 1.82) is 0 Å². The van der Waals surface area contributed by atoms with Crippen molar-refractivity contribution in [2.75, 3.05) is 0 Å². The Morgan fingerprint density at radius 1 is 1.27 bits per heavy atom. The summed E-state index contributed by atoms with van der Waals surface area (Å²) in [7, 11) is 0. The van der Waals surface area contributed by atoms with Crippen molar-refractivity contribution >= 4 is 34.3 Å². The van der Waals surface area contributed by atoms with E-state index in [1.165, 1.54) is 9.75 Å². The largest absolute Gasteiger partial charge is 0.142 e. The summed E-state index contributed by atoms with van der Waals surface area (Å²) in [6.45, 7) is 0. The van der Waals surface area contributed by atoms with E-state index in [4.69, 9.17) is 11.6 Å². The summed E-state index contributed by atoms with van der Waals surface area (Å²) < 4.78 is 0.841. The number of hydrogen-bond donors (Lipinski definition) is 0. The molecule has 0 bridgehead atoms. The van der Waals surface area contributed by atoms with Crippen molar-refractivity contribution in [1.82, 2.24) is 0 Å². The average Bonchev–Trinajstić information content (AvgIpc) is 2.55. The maximum atomic E-state index is 5.79. The Hall–Kier alpha value is -0.310. The predicted octanol–water partition coefficient (Wildman–Crippen LogP) is 3.93. The molecule has 0 atom stereocenters. The summed E-state index contributed by atoms with van der Waals surface area (Å²) >= 11 is 9.08. The molecule has 2 rings (SSSR count). The molecule has 2 heterocycles. The zero-order valence-corrected chi connectivity index (χ0v) is 7.89. The molecule has 0 spiro atoms. The van der Waals surface area contributed by atoms with Crippen LogP contribution < -0.4 is 0 Å². The SMILES string of the molecule is Clc1ccc(-c2c[c]cs2)s1. The summed E-state index contributed by atoms with van der Waals surface area (Å²) in [6.07, 6.45) is 0. The lowest BCUT2D eigenvalue weighted by Gasteiger charge is -1.85. The number of thiophene rings is 2. The van der Waals surface area contributed by atoms with Gasteiger partial charge in [0.1, 0.15) is 0 Å². The molecular weight excluding hydrogens is 196 g/mol. The minimum atomic E-state index is 0.841. The second-order valence-electron chi connectivity index (χ2n) is 2.01. The van der Waals surface area contributed by atoms with Crippen LogP contribution in [-0.4, -0.2) is 0 Å². The second kappa shape index (κ2) is 2.97. The van der Waals surface area contributed by atoms with Crippen molar-refractivity contribution in [2.45, 2.75) is 0 Å². The minimum Gasteiger partial charge on any atom is -0.142 e. The third-order valence-electron chi connectivity index (χ3n) is 1.28. The van der Waals surface area contributed by atoms with Gasteiger partial charge in [0.25, 0.3) is 0 Å². The van der Waals surface area contributed by atoms with Gasteiger partial charge in [0.15, 0.2) is 0 Å². The Bertz CT molecular complexity index is 335. The van der Waals surface area contributed by atoms with Crippen molar-refractivity contribution < 1.29 is 0 Å². The summed E-state index contributed by atoms with van der Waals surface area (Å²) in [4.78, 5) is 2.46. The average molecular weight is 200 g/mol. The number of halogens is 1. The van der Waals surface area contributed by atoms with Crippen LogP contribution in [0, 0.1) is 6.07 Å². The molecule has 0 saturated heterocycles. The molecule has 1 radical (unpaired) electrons. The van der Waals surface area contributed by atoms with E-state index in [9.17, 15) is 0 Å². The highest BCUT2D eigenvalue weighted by atomic mass is 35.5. The first-order valence-corrected chi connectivity index (χ1v) is 5.14. The number of rotatable bonds is 1. The van der Waals surface area contributed by atoms with Crippen LogP contribution in [0.3, 0.4) is 0 Å². The van der Waals surface area contributed by atoms with E-state index < -0.39 is 0 Å². The zero-order valence-electron chi connectivity index (χ0n) is 5.50. The molecule has 0 fully saturated rings. The van der Waals surface area contributed by atoms with Gasteiger partial charge in [-0.25, -0.2) is 0 Å². The predicted molar refractivity (Wildman–Crippen MR) is 51.5 cm³/mol. The van der Waals surface area contributed by atoms with E-state index in [0.29, 0.717) is 0 Å². The van der Waals surface area contributed by atoms with Crippen LogP contribution >= 0.6 is 34.3 Å². The first kappa shape index (κ1) is 7.35. The summed E-state index contributed by atoms with van der Waals surface area (Å²) in [5.41, 5.74) is 0. The van der Waals surface area contributed by atoms with Crippen molar-refractivity contribution in [2.24, 2.45) is 0 Å². The number of hydrogen-bond acceptors (Lipinski definition) is 2. The van der Waals surface area contributed by atoms with Gasteiger partial charge in [-0.2, -0.15) is 0 Å². The van der Waals surface area contributed by atoms with E-state index in [1.54, 1.807) is 22.7 Å². The maximum Gasteiger partial charge on any atom is 0.0935 e. The zero-order chi connectivity index (χ0) is 7.68. The van der Waals surface area contributed by atoms with Gasteiger partial charge in [0, 0.05) is 9.75 Å². The molecule has 3 heteroatoms. The van der Waals surface area contributed by atoms with Crippen molar-refractivity contribution in [3.8, 4) is 9.75 Å². The molecule has 2 aromatic heterocycles. The van der Waals surface area contributed by atoms with Crippen LogP contribution in [0.1, 0.15) is 0 Å². The molecule has 0 unspecified atom stereocenters. The third kappa shape index (κ3) is 1.48. The Morgan fingerprint density at radius 2 is 2.18 bits per heavy atom. The minimum absolute atomic E-state index is 0.841. The highest BCUT2D eigenvalue weighted by molar-refractivity contribution is 7.23. The van der Waals surface area contributed by atoms with E-state index in [0.717, 1.165) is 4.34 Å². The molecule has 11 heavy (non-hydrogen) atoms. The van der Waals surface area contributed by atoms with E-state index >= 15 is 0 Å². The smallest absolute Gasteiger partial charge is 0.0935 e. The first-order chi connectivity index (χ1) is 5.36. The summed E-state index contributed by atoms with van der Waals surface area (Å²) in [6, 6.07) is 8.95. The standard InChI is InChI=1S/C8H4ClS2/c9-8-4-3-7(11-8)6-2-1-5-10-6/h2-5H. The highest BCUT2D eigenvalue weighted by Crippen LogP contribution is 2.33. The molecule has 2 aromatic rings. The molecule has 55 valence electrons. The van der Waals surface area contributed by atoms with Crippen LogP contribution in [0.2, 0.25) is 4.34 Å². The molecule has 0 aliphatic rings. The van der Waals surface area contributed by atoms with Gasteiger partial charge in [-0.15, -0.1) is 22.7 Å². The van der Waals surface area contributed by atoms with Gasteiger partial charge >= 0.3 is 0 Å². The lowest BCUT2D eigenvalue weighted by atomic mass is 10.4. The van der Waals surface area contributed by atoms with Crippen LogP contribution in [0.25, 0.3) is 9.75 Å². The highest BCUT2D eigenvalue weighted by Gasteiger charge is 2.00. The van der Waals surface area contributed by atoms with Crippen molar-refractivity contribution in [3.63, 3.8) is 0 Å². The van der Waals surface area contributed by atoms with Crippen LogP contribution in [0.5, 0.6) is 0 Å². The van der Waals surface area contributed by atoms with Crippen molar-refractivity contribution in [3.05, 3.63) is 34.0 Å².